The van der Waals surface area contributed by atoms with E-state index in [2.05, 4.69) is 43.1 Å². The molecule has 2 aliphatic rings. The second-order valence-corrected chi connectivity index (χ2v) is 6.23. The normalized spacial score (nSPS) is 41.6. The van der Waals surface area contributed by atoms with Crippen LogP contribution in [0.3, 0.4) is 0 Å². The third-order valence-electron chi connectivity index (χ3n) is 4.76. The minimum atomic E-state index is 0.706. The zero-order valence-corrected chi connectivity index (χ0v) is 11.9. The molecular formula is C14H29N3. The third-order valence-corrected chi connectivity index (χ3v) is 4.76. The molecule has 3 heteroatoms. The first kappa shape index (κ1) is 13.3. The molecule has 2 rings (SSSR count). The fourth-order valence-electron chi connectivity index (χ4n) is 3.70. The van der Waals surface area contributed by atoms with Crippen LogP contribution in [0.5, 0.6) is 0 Å². The molecule has 1 saturated heterocycles. The molecule has 4 unspecified atom stereocenters. The molecule has 0 amide bonds. The van der Waals surface area contributed by atoms with Crippen molar-refractivity contribution in [2.24, 2.45) is 5.92 Å². The van der Waals surface area contributed by atoms with E-state index in [-0.39, 0.29) is 0 Å². The minimum Gasteiger partial charge on any atom is -0.315 e. The van der Waals surface area contributed by atoms with Gasteiger partial charge in [-0.1, -0.05) is 6.92 Å². The summed E-state index contributed by atoms with van der Waals surface area (Å²) in [5.41, 5.74) is 0. The lowest BCUT2D eigenvalue weighted by Crippen LogP contribution is -2.60. The van der Waals surface area contributed by atoms with Gasteiger partial charge in [-0.05, 0) is 46.2 Å². The van der Waals surface area contributed by atoms with Crippen molar-refractivity contribution in [1.29, 1.82) is 0 Å². The van der Waals surface area contributed by atoms with Gasteiger partial charge in [0.1, 0.15) is 0 Å². The Kier molecular flexibility index (Phi) is 4.45. The average molecular weight is 239 g/mol. The lowest BCUT2D eigenvalue weighted by Gasteiger charge is -2.48. The minimum absolute atomic E-state index is 0.706. The molecule has 0 bridgehead atoms. The highest BCUT2D eigenvalue weighted by molar-refractivity contribution is 4.93. The van der Waals surface area contributed by atoms with E-state index in [1.807, 2.05) is 0 Å². The highest BCUT2D eigenvalue weighted by atomic mass is 15.3. The van der Waals surface area contributed by atoms with Crippen LogP contribution < -0.4 is 5.32 Å². The van der Waals surface area contributed by atoms with Crippen LogP contribution in [0, 0.1) is 5.92 Å². The molecule has 100 valence electrons. The first-order chi connectivity index (χ1) is 8.11. The van der Waals surface area contributed by atoms with Crippen molar-refractivity contribution in [3.63, 3.8) is 0 Å². The Morgan fingerprint density at radius 1 is 1.12 bits per heavy atom. The molecule has 3 nitrogen and oxygen atoms in total. The van der Waals surface area contributed by atoms with Gasteiger partial charge in [-0.3, -0.25) is 4.90 Å². The summed E-state index contributed by atoms with van der Waals surface area (Å²) < 4.78 is 0. The van der Waals surface area contributed by atoms with Gasteiger partial charge in [0, 0.05) is 37.8 Å². The van der Waals surface area contributed by atoms with Gasteiger partial charge in [0.05, 0.1) is 0 Å². The summed E-state index contributed by atoms with van der Waals surface area (Å²) in [5, 5.41) is 3.55. The maximum atomic E-state index is 3.55. The molecule has 0 aromatic rings. The summed E-state index contributed by atoms with van der Waals surface area (Å²) >= 11 is 0. The molecule has 17 heavy (non-hydrogen) atoms. The number of piperazine rings is 1. The van der Waals surface area contributed by atoms with E-state index in [1.165, 1.54) is 38.9 Å². The predicted octanol–water partition coefficient (Wildman–Crippen LogP) is 1.40. The Labute approximate surface area is 107 Å². The Morgan fingerprint density at radius 3 is 2.53 bits per heavy atom. The summed E-state index contributed by atoms with van der Waals surface area (Å²) in [4.78, 5) is 5.22. The van der Waals surface area contributed by atoms with Gasteiger partial charge in [-0.2, -0.15) is 0 Å². The maximum absolute atomic E-state index is 3.55. The predicted molar refractivity (Wildman–Crippen MR) is 73.3 cm³/mol. The van der Waals surface area contributed by atoms with E-state index in [4.69, 9.17) is 0 Å². The fourth-order valence-corrected chi connectivity index (χ4v) is 3.70. The quantitative estimate of drug-likeness (QED) is 0.786. The molecule has 1 N–H and O–H groups in total. The topological polar surface area (TPSA) is 18.5 Å². The van der Waals surface area contributed by atoms with Crippen molar-refractivity contribution in [1.82, 2.24) is 15.1 Å². The second kappa shape index (κ2) is 5.68. The van der Waals surface area contributed by atoms with Crippen molar-refractivity contribution in [3.05, 3.63) is 0 Å². The van der Waals surface area contributed by atoms with Crippen LogP contribution in [0.2, 0.25) is 0 Å². The summed E-state index contributed by atoms with van der Waals surface area (Å²) in [6, 6.07) is 2.17. The van der Waals surface area contributed by atoms with E-state index >= 15 is 0 Å². The fraction of sp³-hybridized carbons (Fsp3) is 1.00. The molecular weight excluding hydrogens is 210 g/mol. The number of nitrogens with one attached hydrogen (secondary N) is 1. The van der Waals surface area contributed by atoms with E-state index in [0.717, 1.165) is 12.0 Å². The second-order valence-electron chi connectivity index (χ2n) is 6.23. The van der Waals surface area contributed by atoms with Gasteiger partial charge in [-0.25, -0.2) is 0 Å². The summed E-state index contributed by atoms with van der Waals surface area (Å²) in [5.74, 6) is 0.899. The SMILES string of the molecule is CNC1CCC(C)CC1N1CCN(C)CC1C. The van der Waals surface area contributed by atoms with Crippen LogP contribution in [0.15, 0.2) is 0 Å². The third kappa shape index (κ3) is 3.01. The van der Waals surface area contributed by atoms with E-state index in [9.17, 15) is 0 Å². The summed E-state index contributed by atoms with van der Waals surface area (Å²) in [6.07, 6.45) is 4.12. The molecule has 2 fully saturated rings. The molecule has 0 aromatic heterocycles. The number of nitrogens with zero attached hydrogens (tertiary/aromatic N) is 2. The largest absolute Gasteiger partial charge is 0.315 e. The first-order valence-corrected chi connectivity index (χ1v) is 7.23. The van der Waals surface area contributed by atoms with Crippen LogP contribution in [0.25, 0.3) is 0 Å². The van der Waals surface area contributed by atoms with E-state index in [0.29, 0.717) is 12.1 Å². The lowest BCUT2D eigenvalue weighted by atomic mass is 9.82. The first-order valence-electron chi connectivity index (χ1n) is 7.23. The molecule has 1 heterocycles. The van der Waals surface area contributed by atoms with Gasteiger partial charge in [0.2, 0.25) is 0 Å². The zero-order valence-electron chi connectivity index (χ0n) is 11.9. The number of hydrogen-bond acceptors (Lipinski definition) is 3. The van der Waals surface area contributed by atoms with Crippen molar-refractivity contribution < 1.29 is 0 Å². The smallest absolute Gasteiger partial charge is 0.0255 e. The van der Waals surface area contributed by atoms with Crippen LogP contribution in [-0.4, -0.2) is 61.7 Å². The highest BCUT2D eigenvalue weighted by Crippen LogP contribution is 2.29. The van der Waals surface area contributed by atoms with Crippen LogP contribution in [0.1, 0.15) is 33.1 Å². The molecule has 0 spiro atoms. The van der Waals surface area contributed by atoms with Gasteiger partial charge in [0.15, 0.2) is 0 Å². The lowest BCUT2D eigenvalue weighted by molar-refractivity contribution is 0.0220. The van der Waals surface area contributed by atoms with Crippen LogP contribution in [-0.2, 0) is 0 Å². The number of hydrogen-bond donors (Lipinski definition) is 1. The molecule has 1 aliphatic heterocycles. The van der Waals surface area contributed by atoms with Gasteiger partial charge < -0.3 is 10.2 Å². The van der Waals surface area contributed by atoms with E-state index < -0.39 is 0 Å². The Hall–Kier alpha value is -0.120. The number of likely N-dealkylation sites (N-methyl/N-ethyl adjacent to an activating group) is 2. The van der Waals surface area contributed by atoms with Crippen molar-refractivity contribution in [2.75, 3.05) is 33.7 Å². The summed E-state index contributed by atoms with van der Waals surface area (Å²) in [6.45, 7) is 8.50. The monoisotopic (exact) mass is 239 g/mol. The molecule has 0 radical (unpaired) electrons. The van der Waals surface area contributed by atoms with E-state index in [1.54, 1.807) is 0 Å². The van der Waals surface area contributed by atoms with Crippen LogP contribution in [0.4, 0.5) is 0 Å². The molecule has 1 aliphatic carbocycles. The van der Waals surface area contributed by atoms with Crippen molar-refractivity contribution in [3.8, 4) is 0 Å². The van der Waals surface area contributed by atoms with Gasteiger partial charge >= 0.3 is 0 Å². The van der Waals surface area contributed by atoms with Crippen molar-refractivity contribution >= 4 is 0 Å². The maximum Gasteiger partial charge on any atom is 0.0255 e. The number of rotatable bonds is 2. The molecule has 4 atom stereocenters. The standard InChI is InChI=1S/C14H29N3/c1-11-5-6-13(15-3)14(9-11)17-8-7-16(4)10-12(17)2/h11-15H,5-10H2,1-4H3. The summed E-state index contributed by atoms with van der Waals surface area (Å²) in [7, 11) is 4.38. The molecule has 1 saturated carbocycles. The van der Waals surface area contributed by atoms with Gasteiger partial charge in [0.25, 0.3) is 0 Å². The Morgan fingerprint density at radius 2 is 1.88 bits per heavy atom. The Balaban J connectivity index is 2.02. The van der Waals surface area contributed by atoms with Crippen molar-refractivity contribution in [2.45, 2.75) is 51.2 Å². The molecule has 0 aromatic carbocycles. The Bertz CT molecular complexity index is 244. The van der Waals surface area contributed by atoms with Crippen LogP contribution >= 0.6 is 0 Å². The average Bonchev–Trinajstić information content (AvgIpc) is 2.29. The van der Waals surface area contributed by atoms with Gasteiger partial charge in [-0.15, -0.1) is 0 Å². The zero-order chi connectivity index (χ0) is 12.4. The highest BCUT2D eigenvalue weighted by Gasteiger charge is 2.35.